The number of thioether (sulfide) groups is 1. The monoisotopic (exact) mass is 406 g/mol. The third kappa shape index (κ3) is 6.09. The van der Waals surface area contributed by atoms with E-state index in [1.54, 1.807) is 36.0 Å². The number of sulfonamides is 1. The lowest BCUT2D eigenvalue weighted by Gasteiger charge is -2.17. The van der Waals surface area contributed by atoms with Crippen molar-refractivity contribution in [1.29, 1.82) is 0 Å². The van der Waals surface area contributed by atoms with E-state index in [9.17, 15) is 13.2 Å². The SMILES string of the molecule is CCCCc1ccc(NC(=O)CN(C)S(=O)(=O)c2ccc(SC)cc2)cc1. The molecule has 0 aliphatic heterocycles. The number of amides is 1. The molecule has 1 N–H and O–H groups in total. The van der Waals surface area contributed by atoms with Crippen molar-refractivity contribution in [3.8, 4) is 0 Å². The van der Waals surface area contributed by atoms with Crippen LogP contribution in [0.3, 0.4) is 0 Å². The van der Waals surface area contributed by atoms with Gasteiger partial charge < -0.3 is 5.32 Å². The molecule has 0 saturated heterocycles. The summed E-state index contributed by atoms with van der Waals surface area (Å²) in [6.45, 7) is 1.90. The van der Waals surface area contributed by atoms with E-state index in [1.807, 2.05) is 30.5 Å². The molecule has 2 aromatic carbocycles. The molecule has 2 rings (SSSR count). The number of likely N-dealkylation sites (N-methyl/N-ethyl adjacent to an activating group) is 1. The molecular formula is C20H26N2O3S2. The van der Waals surface area contributed by atoms with Gasteiger partial charge in [-0.1, -0.05) is 25.5 Å². The molecule has 27 heavy (non-hydrogen) atoms. The first-order chi connectivity index (χ1) is 12.9. The molecule has 0 aromatic heterocycles. The van der Waals surface area contributed by atoms with Crippen molar-refractivity contribution < 1.29 is 13.2 Å². The number of hydrogen-bond acceptors (Lipinski definition) is 4. The van der Waals surface area contributed by atoms with Gasteiger partial charge in [-0.15, -0.1) is 11.8 Å². The van der Waals surface area contributed by atoms with Crippen LogP contribution in [0, 0.1) is 0 Å². The van der Waals surface area contributed by atoms with E-state index in [1.165, 1.54) is 12.6 Å². The van der Waals surface area contributed by atoms with E-state index in [-0.39, 0.29) is 17.3 Å². The number of carbonyl (C=O) groups is 1. The molecule has 0 unspecified atom stereocenters. The summed E-state index contributed by atoms with van der Waals surface area (Å²) in [5.74, 6) is -0.372. The summed E-state index contributed by atoms with van der Waals surface area (Å²) in [6, 6.07) is 14.3. The zero-order valence-corrected chi connectivity index (χ0v) is 17.6. The molecule has 0 bridgehead atoms. The summed E-state index contributed by atoms with van der Waals surface area (Å²) in [7, 11) is -2.30. The first kappa shape index (κ1) is 21.5. The predicted octanol–water partition coefficient (Wildman–Crippen LogP) is 4.01. The summed E-state index contributed by atoms with van der Waals surface area (Å²) in [5.41, 5.74) is 1.89. The summed E-state index contributed by atoms with van der Waals surface area (Å²) in [6.07, 6.45) is 5.21. The minimum absolute atomic E-state index is 0.177. The van der Waals surface area contributed by atoms with Gasteiger partial charge in [-0.3, -0.25) is 4.79 Å². The van der Waals surface area contributed by atoms with Gasteiger partial charge in [-0.25, -0.2) is 8.42 Å². The van der Waals surface area contributed by atoms with Crippen molar-refractivity contribution in [1.82, 2.24) is 4.31 Å². The maximum Gasteiger partial charge on any atom is 0.243 e. The van der Waals surface area contributed by atoms with Gasteiger partial charge in [-0.2, -0.15) is 4.31 Å². The molecule has 2 aromatic rings. The van der Waals surface area contributed by atoms with E-state index in [2.05, 4.69) is 12.2 Å². The van der Waals surface area contributed by atoms with E-state index in [4.69, 9.17) is 0 Å². The summed E-state index contributed by atoms with van der Waals surface area (Å²) in [5, 5.41) is 2.75. The zero-order chi connectivity index (χ0) is 19.9. The van der Waals surface area contributed by atoms with Gasteiger partial charge in [0.05, 0.1) is 11.4 Å². The van der Waals surface area contributed by atoms with Crippen molar-refractivity contribution in [2.45, 2.75) is 36.0 Å². The van der Waals surface area contributed by atoms with Crippen molar-refractivity contribution in [3.05, 3.63) is 54.1 Å². The highest BCUT2D eigenvalue weighted by molar-refractivity contribution is 7.98. The topological polar surface area (TPSA) is 66.5 Å². The number of benzene rings is 2. The lowest BCUT2D eigenvalue weighted by molar-refractivity contribution is -0.116. The molecule has 0 radical (unpaired) electrons. The Labute approximate surface area is 166 Å². The molecule has 1 amide bonds. The maximum absolute atomic E-state index is 12.6. The maximum atomic E-state index is 12.6. The second-order valence-corrected chi connectivity index (χ2v) is 9.21. The average Bonchev–Trinajstić information content (AvgIpc) is 2.67. The second kappa shape index (κ2) is 9.92. The number of nitrogens with one attached hydrogen (secondary N) is 1. The highest BCUT2D eigenvalue weighted by atomic mass is 32.2. The van der Waals surface area contributed by atoms with Crippen molar-refractivity contribution in [3.63, 3.8) is 0 Å². The van der Waals surface area contributed by atoms with E-state index in [0.717, 1.165) is 28.5 Å². The van der Waals surface area contributed by atoms with E-state index >= 15 is 0 Å². The molecule has 146 valence electrons. The van der Waals surface area contributed by atoms with Crippen LogP contribution < -0.4 is 5.32 Å². The highest BCUT2D eigenvalue weighted by Crippen LogP contribution is 2.20. The van der Waals surface area contributed by atoms with Crippen LogP contribution in [-0.2, 0) is 21.2 Å². The van der Waals surface area contributed by atoms with Gasteiger partial charge in [0, 0.05) is 17.6 Å². The quantitative estimate of drug-likeness (QED) is 0.639. The van der Waals surface area contributed by atoms with E-state index < -0.39 is 10.0 Å². The minimum atomic E-state index is -3.71. The van der Waals surface area contributed by atoms with Gasteiger partial charge in [0.15, 0.2) is 0 Å². The van der Waals surface area contributed by atoms with Crippen LogP contribution in [0.4, 0.5) is 5.69 Å². The smallest absolute Gasteiger partial charge is 0.243 e. The van der Waals surface area contributed by atoms with Crippen LogP contribution in [0.1, 0.15) is 25.3 Å². The Kier molecular flexibility index (Phi) is 7.89. The Morgan fingerprint density at radius 2 is 1.70 bits per heavy atom. The third-order valence-electron chi connectivity index (χ3n) is 4.19. The molecule has 0 heterocycles. The standard InChI is InChI=1S/C20H26N2O3S2/c1-4-5-6-16-7-9-17(10-8-16)21-20(23)15-22(2)27(24,25)19-13-11-18(26-3)12-14-19/h7-14H,4-6,15H2,1-3H3,(H,21,23). The number of unbranched alkanes of at least 4 members (excludes halogenated alkanes) is 1. The summed E-state index contributed by atoms with van der Waals surface area (Å²) < 4.78 is 26.3. The first-order valence-corrected chi connectivity index (χ1v) is 11.5. The van der Waals surface area contributed by atoms with E-state index in [0.29, 0.717) is 5.69 Å². The van der Waals surface area contributed by atoms with Gasteiger partial charge in [0.25, 0.3) is 0 Å². The number of rotatable bonds is 9. The number of anilines is 1. The molecule has 7 heteroatoms. The van der Waals surface area contributed by atoms with Gasteiger partial charge in [-0.05, 0) is 61.1 Å². The number of aryl methyl sites for hydroxylation is 1. The largest absolute Gasteiger partial charge is 0.325 e. The minimum Gasteiger partial charge on any atom is -0.325 e. The molecule has 0 aliphatic carbocycles. The molecule has 0 spiro atoms. The van der Waals surface area contributed by atoms with Crippen LogP contribution >= 0.6 is 11.8 Å². The Bertz CT molecular complexity index is 848. The number of carbonyl (C=O) groups excluding carboxylic acids is 1. The Balaban J connectivity index is 1.97. The second-order valence-electron chi connectivity index (χ2n) is 6.29. The molecule has 0 saturated carbocycles. The Morgan fingerprint density at radius 1 is 1.07 bits per heavy atom. The molecule has 0 fully saturated rings. The fourth-order valence-corrected chi connectivity index (χ4v) is 4.09. The third-order valence-corrected chi connectivity index (χ3v) is 6.75. The van der Waals surface area contributed by atoms with Crippen molar-refractivity contribution >= 4 is 33.4 Å². The normalized spacial score (nSPS) is 11.6. The van der Waals surface area contributed by atoms with Crippen LogP contribution in [-0.4, -0.2) is 38.5 Å². The van der Waals surface area contributed by atoms with Gasteiger partial charge >= 0.3 is 0 Å². The predicted molar refractivity (Wildman–Crippen MR) is 112 cm³/mol. The number of hydrogen-bond donors (Lipinski definition) is 1. The molecular weight excluding hydrogens is 380 g/mol. The molecule has 5 nitrogen and oxygen atoms in total. The lowest BCUT2D eigenvalue weighted by atomic mass is 10.1. The lowest BCUT2D eigenvalue weighted by Crippen LogP contribution is -2.34. The Hall–Kier alpha value is -1.83. The Morgan fingerprint density at radius 3 is 2.26 bits per heavy atom. The van der Waals surface area contributed by atoms with Crippen LogP contribution in [0.2, 0.25) is 0 Å². The van der Waals surface area contributed by atoms with Gasteiger partial charge in [0.1, 0.15) is 0 Å². The fraction of sp³-hybridized carbons (Fsp3) is 0.350. The highest BCUT2D eigenvalue weighted by Gasteiger charge is 2.22. The number of nitrogens with zero attached hydrogens (tertiary/aromatic N) is 1. The van der Waals surface area contributed by atoms with Gasteiger partial charge in [0.2, 0.25) is 15.9 Å². The summed E-state index contributed by atoms with van der Waals surface area (Å²) >= 11 is 1.54. The van der Waals surface area contributed by atoms with Crippen molar-refractivity contribution in [2.24, 2.45) is 0 Å². The average molecular weight is 407 g/mol. The van der Waals surface area contributed by atoms with Crippen LogP contribution in [0.25, 0.3) is 0 Å². The summed E-state index contributed by atoms with van der Waals surface area (Å²) in [4.78, 5) is 13.4. The van der Waals surface area contributed by atoms with Crippen LogP contribution in [0.5, 0.6) is 0 Å². The first-order valence-electron chi connectivity index (χ1n) is 8.86. The molecule has 0 atom stereocenters. The van der Waals surface area contributed by atoms with Crippen LogP contribution in [0.15, 0.2) is 58.3 Å². The fourth-order valence-electron chi connectivity index (χ4n) is 2.55. The molecule has 0 aliphatic rings. The zero-order valence-electron chi connectivity index (χ0n) is 15.9. The van der Waals surface area contributed by atoms with Crippen molar-refractivity contribution in [2.75, 3.05) is 25.2 Å².